The Kier molecular flexibility index (Phi) is 3.18. The van der Waals surface area contributed by atoms with E-state index in [2.05, 4.69) is 11.8 Å². The van der Waals surface area contributed by atoms with Crippen molar-refractivity contribution in [2.45, 2.75) is 6.10 Å². The molecule has 1 aromatic heterocycles. The summed E-state index contributed by atoms with van der Waals surface area (Å²) in [6, 6.07) is 13.3. The maximum atomic E-state index is 9.75. The lowest BCUT2D eigenvalue weighted by atomic mass is 10.1. The van der Waals surface area contributed by atoms with Gasteiger partial charge >= 0.3 is 0 Å². The van der Waals surface area contributed by atoms with Gasteiger partial charge in [-0.25, -0.2) is 0 Å². The third-order valence-electron chi connectivity index (χ3n) is 1.97. The predicted octanol–water partition coefficient (Wildman–Crippen LogP) is 2.83. The number of aliphatic hydroxyl groups is 1. The standard InChI is InChI=1S/C13H10OS/c14-13(11-5-2-1-3-6-11)9-8-12-7-4-10-15-12/h1-7,10,13-14H. The van der Waals surface area contributed by atoms with Gasteiger partial charge in [-0.3, -0.25) is 0 Å². The number of rotatable bonds is 1. The molecule has 0 fully saturated rings. The quantitative estimate of drug-likeness (QED) is 0.724. The van der Waals surface area contributed by atoms with E-state index in [1.165, 1.54) is 0 Å². The van der Waals surface area contributed by atoms with E-state index >= 15 is 0 Å². The first kappa shape index (κ1) is 9.97. The van der Waals surface area contributed by atoms with Crippen LogP contribution in [0.15, 0.2) is 47.8 Å². The van der Waals surface area contributed by atoms with Crippen LogP contribution in [0, 0.1) is 11.8 Å². The van der Waals surface area contributed by atoms with Gasteiger partial charge in [0.05, 0.1) is 4.88 Å². The molecule has 0 spiro atoms. The lowest BCUT2D eigenvalue weighted by Gasteiger charge is -2.01. The van der Waals surface area contributed by atoms with Crippen molar-refractivity contribution in [1.29, 1.82) is 0 Å². The molecule has 0 saturated carbocycles. The minimum Gasteiger partial charge on any atom is -0.376 e. The van der Waals surface area contributed by atoms with Gasteiger partial charge in [0.1, 0.15) is 6.10 Å². The first-order chi connectivity index (χ1) is 7.36. The van der Waals surface area contributed by atoms with Gasteiger partial charge in [0.2, 0.25) is 0 Å². The molecule has 1 unspecified atom stereocenters. The van der Waals surface area contributed by atoms with Crippen molar-refractivity contribution in [2.75, 3.05) is 0 Å². The molecule has 1 nitrogen and oxygen atoms in total. The molecule has 2 heteroatoms. The molecule has 0 bridgehead atoms. The minimum absolute atomic E-state index is 0.701. The van der Waals surface area contributed by atoms with Crippen LogP contribution in [-0.4, -0.2) is 5.11 Å². The Hall–Kier alpha value is -1.56. The molecule has 2 rings (SSSR count). The van der Waals surface area contributed by atoms with Crippen molar-refractivity contribution in [1.82, 2.24) is 0 Å². The summed E-state index contributed by atoms with van der Waals surface area (Å²) in [6.07, 6.45) is -0.701. The van der Waals surface area contributed by atoms with Crippen LogP contribution in [0.4, 0.5) is 0 Å². The summed E-state index contributed by atoms with van der Waals surface area (Å²) >= 11 is 1.58. The van der Waals surface area contributed by atoms with Gasteiger partial charge in [-0.2, -0.15) is 0 Å². The normalized spacial score (nSPS) is 11.5. The molecule has 1 aromatic carbocycles. The Morgan fingerprint density at radius 1 is 1.07 bits per heavy atom. The molecule has 1 heterocycles. The molecule has 0 radical (unpaired) electrons. The summed E-state index contributed by atoms with van der Waals surface area (Å²) in [6.45, 7) is 0. The van der Waals surface area contributed by atoms with Crippen LogP contribution in [0.3, 0.4) is 0 Å². The summed E-state index contributed by atoms with van der Waals surface area (Å²) in [5.74, 6) is 5.76. The highest BCUT2D eigenvalue weighted by Crippen LogP contribution is 2.12. The molecule has 1 atom stereocenters. The molecule has 1 N–H and O–H groups in total. The lowest BCUT2D eigenvalue weighted by molar-refractivity contribution is 0.238. The molecular weight excluding hydrogens is 204 g/mol. The average Bonchev–Trinajstić information content (AvgIpc) is 2.80. The van der Waals surface area contributed by atoms with Crippen LogP contribution in [0.1, 0.15) is 16.5 Å². The van der Waals surface area contributed by atoms with Gasteiger partial charge < -0.3 is 5.11 Å². The van der Waals surface area contributed by atoms with Crippen LogP contribution in [0.5, 0.6) is 0 Å². The highest BCUT2D eigenvalue weighted by Gasteiger charge is 2.00. The molecule has 15 heavy (non-hydrogen) atoms. The largest absolute Gasteiger partial charge is 0.376 e. The second-order valence-electron chi connectivity index (χ2n) is 3.06. The summed E-state index contributed by atoms with van der Waals surface area (Å²) in [5, 5.41) is 11.7. The first-order valence-electron chi connectivity index (χ1n) is 4.64. The molecular formula is C13H10OS. The van der Waals surface area contributed by atoms with E-state index in [0.29, 0.717) is 0 Å². The summed E-state index contributed by atoms with van der Waals surface area (Å²) in [5.41, 5.74) is 0.835. The van der Waals surface area contributed by atoms with Crippen LogP contribution in [-0.2, 0) is 0 Å². The molecule has 74 valence electrons. The average molecular weight is 214 g/mol. The second-order valence-corrected chi connectivity index (χ2v) is 4.01. The fourth-order valence-electron chi connectivity index (χ4n) is 1.21. The Morgan fingerprint density at radius 2 is 1.87 bits per heavy atom. The molecule has 0 aliphatic carbocycles. The SMILES string of the molecule is OC(C#Cc1cccs1)c1ccccc1. The Bertz CT molecular complexity index is 462. The number of thiophene rings is 1. The molecule has 0 saturated heterocycles. The van der Waals surface area contributed by atoms with E-state index in [-0.39, 0.29) is 0 Å². The van der Waals surface area contributed by atoms with Crippen LogP contribution >= 0.6 is 11.3 Å². The number of benzene rings is 1. The van der Waals surface area contributed by atoms with E-state index in [1.54, 1.807) is 11.3 Å². The van der Waals surface area contributed by atoms with E-state index in [0.717, 1.165) is 10.4 Å². The van der Waals surface area contributed by atoms with Gasteiger partial charge in [0.25, 0.3) is 0 Å². The number of hydrogen-bond acceptors (Lipinski definition) is 2. The van der Waals surface area contributed by atoms with Crippen molar-refractivity contribution < 1.29 is 5.11 Å². The minimum atomic E-state index is -0.701. The molecule has 0 aliphatic rings. The van der Waals surface area contributed by atoms with E-state index in [1.807, 2.05) is 47.8 Å². The maximum Gasteiger partial charge on any atom is 0.140 e. The summed E-state index contributed by atoms with van der Waals surface area (Å²) < 4.78 is 0. The van der Waals surface area contributed by atoms with Crippen LogP contribution in [0.2, 0.25) is 0 Å². The molecule has 0 aliphatic heterocycles. The number of hydrogen-bond donors (Lipinski definition) is 1. The van der Waals surface area contributed by atoms with Gasteiger partial charge in [-0.05, 0) is 17.0 Å². The van der Waals surface area contributed by atoms with E-state index < -0.39 is 6.10 Å². The fourth-order valence-corrected chi connectivity index (χ4v) is 1.79. The van der Waals surface area contributed by atoms with Crippen molar-refractivity contribution in [3.8, 4) is 11.8 Å². The predicted molar refractivity (Wildman–Crippen MR) is 62.6 cm³/mol. The van der Waals surface area contributed by atoms with Gasteiger partial charge in [0.15, 0.2) is 0 Å². The fraction of sp³-hybridized carbons (Fsp3) is 0.0769. The van der Waals surface area contributed by atoms with Crippen LogP contribution in [0.25, 0.3) is 0 Å². The van der Waals surface area contributed by atoms with Gasteiger partial charge in [-0.15, -0.1) is 11.3 Å². The van der Waals surface area contributed by atoms with E-state index in [4.69, 9.17) is 0 Å². The Morgan fingerprint density at radius 3 is 2.53 bits per heavy atom. The van der Waals surface area contributed by atoms with Crippen molar-refractivity contribution in [3.05, 3.63) is 58.3 Å². The zero-order chi connectivity index (χ0) is 10.5. The Balaban J connectivity index is 2.13. The Labute approximate surface area is 93.0 Å². The topological polar surface area (TPSA) is 20.2 Å². The van der Waals surface area contributed by atoms with Crippen molar-refractivity contribution in [2.24, 2.45) is 0 Å². The zero-order valence-electron chi connectivity index (χ0n) is 8.05. The summed E-state index contributed by atoms with van der Waals surface area (Å²) in [4.78, 5) is 0.977. The summed E-state index contributed by atoms with van der Waals surface area (Å²) in [7, 11) is 0. The van der Waals surface area contributed by atoms with Crippen molar-refractivity contribution >= 4 is 11.3 Å². The maximum absolute atomic E-state index is 9.75. The molecule has 0 amide bonds. The monoisotopic (exact) mass is 214 g/mol. The smallest absolute Gasteiger partial charge is 0.140 e. The molecule has 2 aromatic rings. The first-order valence-corrected chi connectivity index (χ1v) is 5.52. The lowest BCUT2D eigenvalue weighted by Crippen LogP contribution is -1.92. The highest BCUT2D eigenvalue weighted by atomic mass is 32.1. The van der Waals surface area contributed by atoms with E-state index in [9.17, 15) is 5.11 Å². The van der Waals surface area contributed by atoms with Gasteiger partial charge in [0, 0.05) is 0 Å². The highest BCUT2D eigenvalue weighted by molar-refractivity contribution is 7.10. The zero-order valence-corrected chi connectivity index (χ0v) is 8.87. The van der Waals surface area contributed by atoms with Crippen molar-refractivity contribution in [3.63, 3.8) is 0 Å². The van der Waals surface area contributed by atoms with Gasteiger partial charge in [-0.1, -0.05) is 48.2 Å². The van der Waals surface area contributed by atoms with Crippen LogP contribution < -0.4 is 0 Å². The number of aliphatic hydroxyl groups excluding tert-OH is 1. The third-order valence-corrected chi connectivity index (χ3v) is 2.75. The third kappa shape index (κ3) is 2.69. The second kappa shape index (κ2) is 4.79.